The summed E-state index contributed by atoms with van der Waals surface area (Å²) in [6, 6.07) is 4.21. The van der Waals surface area contributed by atoms with Crippen molar-refractivity contribution in [2.45, 2.75) is 38.3 Å². The molecule has 100 valence electrons. The number of ether oxygens (including phenoxy) is 1. The van der Waals surface area contributed by atoms with E-state index >= 15 is 0 Å². The summed E-state index contributed by atoms with van der Waals surface area (Å²) in [7, 11) is 1.79. The van der Waals surface area contributed by atoms with Gasteiger partial charge in [-0.15, -0.1) is 0 Å². The Morgan fingerprint density at radius 3 is 3.00 bits per heavy atom. The average Bonchev–Trinajstić information content (AvgIpc) is 2.46. The minimum absolute atomic E-state index is 0.0483. The van der Waals surface area contributed by atoms with Gasteiger partial charge < -0.3 is 15.4 Å². The Balaban J connectivity index is 2.04. The maximum atomic E-state index is 5.97. The van der Waals surface area contributed by atoms with Crippen LogP contribution in [0.15, 0.2) is 18.3 Å². The minimum Gasteiger partial charge on any atom is -0.380 e. The first-order valence-corrected chi connectivity index (χ1v) is 6.74. The number of aromatic nitrogens is 1. The zero-order valence-electron chi connectivity index (χ0n) is 11.3. The van der Waals surface area contributed by atoms with Crippen molar-refractivity contribution in [2.24, 2.45) is 5.73 Å². The van der Waals surface area contributed by atoms with Crippen LogP contribution >= 0.6 is 0 Å². The lowest BCUT2D eigenvalue weighted by Crippen LogP contribution is -2.39. The van der Waals surface area contributed by atoms with E-state index in [9.17, 15) is 0 Å². The molecule has 4 nitrogen and oxygen atoms in total. The summed E-state index contributed by atoms with van der Waals surface area (Å²) in [5.41, 5.74) is 8.11. The highest BCUT2D eigenvalue weighted by atomic mass is 16.5. The second kappa shape index (κ2) is 6.16. The maximum absolute atomic E-state index is 5.97. The van der Waals surface area contributed by atoms with E-state index in [0.717, 1.165) is 31.6 Å². The average molecular weight is 249 g/mol. The summed E-state index contributed by atoms with van der Waals surface area (Å²) in [6.45, 7) is 4.12. The van der Waals surface area contributed by atoms with E-state index in [-0.39, 0.29) is 6.04 Å². The van der Waals surface area contributed by atoms with Gasteiger partial charge in [-0.25, -0.2) is 0 Å². The summed E-state index contributed by atoms with van der Waals surface area (Å²) < 4.78 is 5.44. The number of hydrogen-bond acceptors (Lipinski definition) is 4. The smallest absolute Gasteiger partial charge is 0.0746 e. The van der Waals surface area contributed by atoms with E-state index in [0.29, 0.717) is 6.10 Å². The summed E-state index contributed by atoms with van der Waals surface area (Å²) in [6.07, 6.45) is 5.52. The molecular formula is C14H23N3O. The normalized spacial score (nSPS) is 21.9. The number of rotatable bonds is 4. The molecule has 2 N–H and O–H groups in total. The van der Waals surface area contributed by atoms with Gasteiger partial charge in [-0.3, -0.25) is 4.98 Å². The Morgan fingerprint density at radius 1 is 1.56 bits per heavy atom. The molecule has 1 aromatic rings. The molecule has 1 aromatic heterocycles. The van der Waals surface area contributed by atoms with Crippen LogP contribution in [0.5, 0.6) is 0 Å². The fourth-order valence-corrected chi connectivity index (χ4v) is 2.38. The van der Waals surface area contributed by atoms with Gasteiger partial charge in [0.05, 0.1) is 23.7 Å². The lowest BCUT2D eigenvalue weighted by molar-refractivity contribution is 0.0893. The van der Waals surface area contributed by atoms with Crippen LogP contribution in [0.2, 0.25) is 0 Å². The number of hydrogen-bond donors (Lipinski definition) is 1. The van der Waals surface area contributed by atoms with Gasteiger partial charge in [0, 0.05) is 26.2 Å². The van der Waals surface area contributed by atoms with Gasteiger partial charge in [0.25, 0.3) is 0 Å². The molecule has 0 spiro atoms. The van der Waals surface area contributed by atoms with Gasteiger partial charge in [-0.1, -0.05) is 6.92 Å². The molecule has 0 amide bonds. The van der Waals surface area contributed by atoms with Crippen LogP contribution in [-0.2, 0) is 4.74 Å². The first-order chi connectivity index (χ1) is 8.74. The molecule has 0 aromatic carbocycles. The molecule has 2 unspecified atom stereocenters. The molecule has 2 rings (SSSR count). The molecular weight excluding hydrogens is 226 g/mol. The van der Waals surface area contributed by atoms with Gasteiger partial charge in [-0.05, 0) is 31.4 Å². The lowest BCUT2D eigenvalue weighted by atomic mass is 10.1. The van der Waals surface area contributed by atoms with Crippen LogP contribution in [0.3, 0.4) is 0 Å². The first kappa shape index (κ1) is 13.3. The largest absolute Gasteiger partial charge is 0.380 e. The van der Waals surface area contributed by atoms with Crippen LogP contribution in [-0.4, -0.2) is 31.3 Å². The van der Waals surface area contributed by atoms with Gasteiger partial charge in [0.1, 0.15) is 0 Å². The third kappa shape index (κ3) is 3.00. The number of nitrogens with two attached hydrogens (primary N) is 1. The number of nitrogens with zero attached hydrogens (tertiary/aromatic N) is 2. The van der Waals surface area contributed by atoms with E-state index in [1.165, 1.54) is 12.1 Å². The molecule has 1 aliphatic heterocycles. The molecule has 1 aliphatic rings. The summed E-state index contributed by atoms with van der Waals surface area (Å²) in [5.74, 6) is 0. The second-order valence-corrected chi connectivity index (χ2v) is 4.90. The zero-order valence-corrected chi connectivity index (χ0v) is 11.3. The van der Waals surface area contributed by atoms with Crippen LogP contribution in [0.4, 0.5) is 5.69 Å². The lowest BCUT2D eigenvalue weighted by Gasteiger charge is -2.33. The van der Waals surface area contributed by atoms with E-state index in [1.54, 1.807) is 7.11 Å². The number of anilines is 1. The van der Waals surface area contributed by atoms with Crippen LogP contribution < -0.4 is 10.6 Å². The van der Waals surface area contributed by atoms with Gasteiger partial charge in [0.15, 0.2) is 0 Å². The molecule has 1 saturated heterocycles. The topological polar surface area (TPSA) is 51.4 Å². The number of methoxy groups -OCH3 is 1. The van der Waals surface area contributed by atoms with E-state index < -0.39 is 0 Å². The van der Waals surface area contributed by atoms with Crippen molar-refractivity contribution in [3.8, 4) is 0 Å². The molecule has 4 heteroatoms. The Labute approximate surface area is 109 Å². The molecule has 1 fully saturated rings. The quantitative estimate of drug-likeness (QED) is 0.888. The van der Waals surface area contributed by atoms with Gasteiger partial charge in [-0.2, -0.15) is 0 Å². The maximum Gasteiger partial charge on any atom is 0.0746 e. The van der Waals surface area contributed by atoms with Crippen molar-refractivity contribution in [1.29, 1.82) is 0 Å². The summed E-state index contributed by atoms with van der Waals surface area (Å²) in [5, 5.41) is 0. The van der Waals surface area contributed by atoms with Crippen LogP contribution in [0.1, 0.15) is 37.9 Å². The van der Waals surface area contributed by atoms with E-state index in [4.69, 9.17) is 10.5 Å². The molecule has 0 bridgehead atoms. The predicted octanol–water partition coefficient (Wildman–Crippen LogP) is 2.11. The van der Waals surface area contributed by atoms with Crippen molar-refractivity contribution < 1.29 is 4.74 Å². The molecule has 2 heterocycles. The van der Waals surface area contributed by atoms with Crippen molar-refractivity contribution in [3.05, 3.63) is 24.0 Å². The van der Waals surface area contributed by atoms with Crippen molar-refractivity contribution in [3.63, 3.8) is 0 Å². The molecule has 0 aliphatic carbocycles. The fraction of sp³-hybridized carbons (Fsp3) is 0.643. The second-order valence-electron chi connectivity index (χ2n) is 4.90. The van der Waals surface area contributed by atoms with E-state index in [2.05, 4.69) is 22.9 Å². The summed E-state index contributed by atoms with van der Waals surface area (Å²) in [4.78, 5) is 6.81. The molecule has 18 heavy (non-hydrogen) atoms. The Hall–Kier alpha value is -1.13. The highest BCUT2D eigenvalue weighted by Crippen LogP contribution is 2.21. The van der Waals surface area contributed by atoms with Crippen molar-refractivity contribution >= 4 is 5.69 Å². The Morgan fingerprint density at radius 2 is 2.39 bits per heavy atom. The zero-order chi connectivity index (χ0) is 13.0. The highest BCUT2D eigenvalue weighted by Gasteiger charge is 2.19. The SMILES string of the molecule is CCC(N)c1ccc(N2CCCC(OC)C2)cn1. The monoisotopic (exact) mass is 249 g/mol. The fourth-order valence-electron chi connectivity index (χ4n) is 2.38. The molecule has 0 saturated carbocycles. The van der Waals surface area contributed by atoms with Crippen molar-refractivity contribution in [1.82, 2.24) is 4.98 Å². The van der Waals surface area contributed by atoms with E-state index in [1.807, 2.05) is 12.3 Å². The van der Waals surface area contributed by atoms with Crippen molar-refractivity contribution in [2.75, 3.05) is 25.1 Å². The summed E-state index contributed by atoms with van der Waals surface area (Å²) >= 11 is 0. The minimum atomic E-state index is 0.0483. The standard InChI is InChI=1S/C14H23N3O/c1-3-13(15)14-7-6-11(9-16-14)17-8-4-5-12(10-17)18-2/h6-7,9,12-13H,3-5,8,10,15H2,1-2H3. The molecule has 2 atom stereocenters. The highest BCUT2D eigenvalue weighted by molar-refractivity contribution is 5.45. The Bertz CT molecular complexity index is 366. The van der Waals surface area contributed by atoms with Gasteiger partial charge in [0.2, 0.25) is 0 Å². The third-order valence-corrected chi connectivity index (χ3v) is 3.67. The third-order valence-electron chi connectivity index (χ3n) is 3.67. The Kier molecular flexibility index (Phi) is 4.55. The predicted molar refractivity (Wildman–Crippen MR) is 73.7 cm³/mol. The van der Waals surface area contributed by atoms with Crippen LogP contribution in [0.25, 0.3) is 0 Å². The van der Waals surface area contributed by atoms with Crippen LogP contribution in [0, 0.1) is 0 Å². The number of piperidine rings is 1. The van der Waals surface area contributed by atoms with Gasteiger partial charge >= 0.3 is 0 Å². The number of pyridine rings is 1. The first-order valence-electron chi connectivity index (χ1n) is 6.74. The molecule has 0 radical (unpaired) electrons.